The van der Waals surface area contributed by atoms with Crippen molar-refractivity contribution in [2.24, 2.45) is 0 Å². The van der Waals surface area contributed by atoms with Gasteiger partial charge in [-0.15, -0.1) is 10.2 Å². The van der Waals surface area contributed by atoms with Crippen molar-refractivity contribution in [1.29, 1.82) is 0 Å². The third kappa shape index (κ3) is 4.08. The minimum absolute atomic E-state index is 0.00330. The summed E-state index contributed by atoms with van der Waals surface area (Å²) >= 11 is 0. The smallest absolute Gasteiger partial charge is 0.292 e. The Balaban J connectivity index is 1.26. The Morgan fingerprint density at radius 3 is 2.50 bits per heavy atom. The van der Waals surface area contributed by atoms with E-state index in [4.69, 9.17) is 15.5 Å². The Labute approximate surface area is 230 Å². The zero-order valence-corrected chi connectivity index (χ0v) is 22.7. The zero-order valence-electron chi connectivity index (χ0n) is 21.9. The average molecular weight is 564 g/mol. The summed E-state index contributed by atoms with van der Waals surface area (Å²) in [6.07, 6.45) is 12.1. The first-order valence-electron chi connectivity index (χ1n) is 13.5. The molecule has 1 aliphatic carbocycles. The lowest BCUT2D eigenvalue weighted by atomic mass is 9.87. The zero-order chi connectivity index (χ0) is 27.6. The summed E-state index contributed by atoms with van der Waals surface area (Å²) in [4.78, 5) is 27.2. The number of aromatic nitrogens is 7. The first-order valence-corrected chi connectivity index (χ1v) is 15.4. The van der Waals surface area contributed by atoms with Gasteiger partial charge in [0, 0.05) is 47.6 Å². The van der Waals surface area contributed by atoms with Crippen LogP contribution in [-0.2, 0) is 9.84 Å². The Hall–Kier alpha value is -4.07. The minimum Gasteiger partial charge on any atom is -0.474 e. The van der Waals surface area contributed by atoms with Crippen molar-refractivity contribution in [2.45, 2.75) is 73.9 Å². The third-order valence-corrected chi connectivity index (χ3v) is 9.55. The summed E-state index contributed by atoms with van der Waals surface area (Å²) in [6.45, 7) is 0. The molecular formula is C26H29N9O4S. The van der Waals surface area contributed by atoms with Crippen molar-refractivity contribution >= 4 is 27.2 Å². The van der Waals surface area contributed by atoms with Crippen LogP contribution >= 0.6 is 0 Å². The third-order valence-electron chi connectivity index (χ3n) is 8.40. The monoisotopic (exact) mass is 563 g/mol. The van der Waals surface area contributed by atoms with Gasteiger partial charge in [0.15, 0.2) is 15.5 Å². The largest absolute Gasteiger partial charge is 0.474 e. The number of hydrogen-bond donors (Lipinski definition) is 2. The lowest BCUT2D eigenvalue weighted by Crippen LogP contribution is -2.46. The maximum atomic E-state index is 13.1. The van der Waals surface area contributed by atoms with Crippen molar-refractivity contribution in [3.05, 3.63) is 42.4 Å². The number of amides is 1. The molecule has 4 aromatic heterocycles. The number of hydrogen-bond acceptors (Lipinski definition) is 10. The van der Waals surface area contributed by atoms with Crippen molar-refractivity contribution < 1.29 is 17.9 Å². The number of nitrogens with two attached hydrogens (primary N) is 1. The van der Waals surface area contributed by atoms with E-state index in [9.17, 15) is 13.2 Å². The second-order valence-electron chi connectivity index (χ2n) is 10.9. The molecule has 2 bridgehead atoms. The van der Waals surface area contributed by atoms with Crippen LogP contribution in [0.3, 0.4) is 0 Å². The van der Waals surface area contributed by atoms with Gasteiger partial charge >= 0.3 is 0 Å². The maximum absolute atomic E-state index is 13.1. The van der Waals surface area contributed by atoms with Gasteiger partial charge in [0.2, 0.25) is 11.7 Å². The molecule has 3 fully saturated rings. The van der Waals surface area contributed by atoms with E-state index < -0.39 is 9.84 Å². The molecule has 0 spiro atoms. The minimum atomic E-state index is -3.74. The molecule has 4 aromatic rings. The molecule has 1 amide bonds. The molecule has 14 heteroatoms. The van der Waals surface area contributed by atoms with Crippen molar-refractivity contribution in [1.82, 2.24) is 39.7 Å². The van der Waals surface area contributed by atoms with E-state index in [1.807, 2.05) is 17.0 Å². The Morgan fingerprint density at radius 1 is 1.12 bits per heavy atom. The molecule has 40 heavy (non-hydrogen) atoms. The van der Waals surface area contributed by atoms with E-state index in [-0.39, 0.29) is 46.6 Å². The van der Waals surface area contributed by atoms with Crippen molar-refractivity contribution in [3.63, 3.8) is 0 Å². The maximum Gasteiger partial charge on any atom is 0.292 e. The van der Waals surface area contributed by atoms with Gasteiger partial charge in [0.1, 0.15) is 23.1 Å². The standard InChI is InChI=1S/C26H29N9O4S/c1-40(37,38)22-21(15-9-16-6-7-17(10-15)34(16)26(36)24-29-13-30-33-24)32-25-19(12-31-35(25)23(22)27)14-5-8-20(28-11-14)39-18-3-2-4-18/h5,8,11-13,15-18H,2-4,6-7,9-10,27H2,1H3,(H,29,30,33)/t15-,16+,17-. The van der Waals surface area contributed by atoms with Gasteiger partial charge in [-0.05, 0) is 51.0 Å². The summed E-state index contributed by atoms with van der Waals surface area (Å²) in [5.41, 5.74) is 8.84. The van der Waals surface area contributed by atoms with Gasteiger partial charge in [-0.2, -0.15) is 9.61 Å². The highest BCUT2D eigenvalue weighted by atomic mass is 32.2. The van der Waals surface area contributed by atoms with Crippen molar-refractivity contribution in [2.75, 3.05) is 12.0 Å². The van der Waals surface area contributed by atoms with Crippen LogP contribution in [0.15, 0.2) is 35.7 Å². The quantitative estimate of drug-likeness (QED) is 0.354. The molecule has 208 valence electrons. The number of H-pyrrole nitrogens is 1. The SMILES string of the molecule is CS(=O)(=O)c1c([C@H]2C[C@H]3CC[C@@H](C2)N3C(=O)c2nnc[nH]2)nc2c(-c3ccc(OC4CCC4)nc3)cnn2c1N. The molecule has 6 heterocycles. The van der Waals surface area contributed by atoms with Gasteiger partial charge in [-0.1, -0.05) is 0 Å². The van der Waals surface area contributed by atoms with E-state index >= 15 is 0 Å². The van der Waals surface area contributed by atoms with Gasteiger partial charge in [-0.25, -0.2) is 18.4 Å². The number of ether oxygens (including phenoxy) is 1. The second kappa shape index (κ2) is 9.25. The topological polar surface area (TPSA) is 174 Å². The number of nitrogens with zero attached hydrogens (tertiary/aromatic N) is 7. The molecule has 0 unspecified atom stereocenters. The van der Waals surface area contributed by atoms with Gasteiger partial charge < -0.3 is 20.4 Å². The average Bonchev–Trinajstić information content (AvgIpc) is 3.64. The van der Waals surface area contributed by atoms with Gasteiger partial charge in [0.25, 0.3) is 5.91 Å². The predicted octanol–water partition coefficient (Wildman–Crippen LogP) is 2.38. The first-order chi connectivity index (χ1) is 19.3. The number of sulfone groups is 1. The first kappa shape index (κ1) is 24.9. The molecule has 3 N–H and O–H groups in total. The fourth-order valence-corrected chi connectivity index (χ4v) is 7.37. The van der Waals surface area contributed by atoms with Crippen LogP contribution in [0.4, 0.5) is 5.82 Å². The number of nitrogens with one attached hydrogen (secondary N) is 1. The van der Waals surface area contributed by atoms with Crippen LogP contribution in [0, 0.1) is 0 Å². The number of pyridine rings is 1. The summed E-state index contributed by atoms with van der Waals surface area (Å²) < 4.78 is 33.3. The van der Waals surface area contributed by atoms with Gasteiger partial charge in [-0.3, -0.25) is 4.79 Å². The normalized spacial score (nSPS) is 22.9. The number of carbonyl (C=O) groups excluding carboxylic acids is 1. The molecular weight excluding hydrogens is 534 g/mol. The molecule has 1 saturated carbocycles. The number of carbonyl (C=O) groups is 1. The lowest BCUT2D eigenvalue weighted by molar-refractivity contribution is 0.0556. The van der Waals surface area contributed by atoms with E-state index in [2.05, 4.69) is 25.3 Å². The molecule has 0 radical (unpaired) electrons. The molecule has 3 aliphatic rings. The number of rotatable bonds is 6. The Morgan fingerprint density at radius 2 is 1.90 bits per heavy atom. The molecule has 3 atom stereocenters. The highest BCUT2D eigenvalue weighted by Gasteiger charge is 2.46. The summed E-state index contributed by atoms with van der Waals surface area (Å²) in [7, 11) is -3.74. The molecule has 7 rings (SSSR count). The van der Waals surface area contributed by atoms with Crippen LogP contribution < -0.4 is 10.5 Å². The van der Waals surface area contributed by atoms with Crippen LogP contribution in [0.2, 0.25) is 0 Å². The second-order valence-corrected chi connectivity index (χ2v) is 12.9. The highest BCUT2D eigenvalue weighted by molar-refractivity contribution is 7.91. The fraction of sp³-hybridized carbons (Fsp3) is 0.462. The fourth-order valence-electron chi connectivity index (χ4n) is 6.31. The van der Waals surface area contributed by atoms with Crippen LogP contribution in [0.1, 0.15) is 67.2 Å². The molecule has 2 saturated heterocycles. The van der Waals surface area contributed by atoms with Crippen LogP contribution in [0.25, 0.3) is 16.8 Å². The van der Waals surface area contributed by atoms with E-state index in [1.165, 1.54) is 17.3 Å². The lowest BCUT2D eigenvalue weighted by Gasteiger charge is -2.38. The molecule has 13 nitrogen and oxygen atoms in total. The molecule has 2 aliphatic heterocycles. The number of aromatic amines is 1. The van der Waals surface area contributed by atoms with Crippen LogP contribution in [0.5, 0.6) is 5.88 Å². The Bertz CT molecular complexity index is 1680. The summed E-state index contributed by atoms with van der Waals surface area (Å²) in [6, 6.07) is 3.59. The van der Waals surface area contributed by atoms with Crippen molar-refractivity contribution in [3.8, 4) is 17.0 Å². The van der Waals surface area contributed by atoms with E-state index in [0.29, 0.717) is 35.6 Å². The van der Waals surface area contributed by atoms with E-state index in [1.54, 1.807) is 12.4 Å². The number of anilines is 1. The predicted molar refractivity (Wildman–Crippen MR) is 143 cm³/mol. The van der Waals surface area contributed by atoms with Gasteiger partial charge in [0.05, 0.1) is 11.9 Å². The Kier molecular flexibility index (Phi) is 5.77. The number of fused-ring (bicyclic) bond motifs is 3. The summed E-state index contributed by atoms with van der Waals surface area (Å²) in [5.74, 6) is 0.411. The number of nitrogen functional groups attached to an aromatic ring is 1. The summed E-state index contributed by atoms with van der Waals surface area (Å²) in [5, 5.41) is 12.0. The molecule has 0 aromatic carbocycles. The van der Waals surface area contributed by atoms with E-state index in [0.717, 1.165) is 37.5 Å². The number of piperidine rings is 1. The van der Waals surface area contributed by atoms with Crippen LogP contribution in [-0.4, -0.2) is 78.4 Å². The highest BCUT2D eigenvalue weighted by Crippen LogP contribution is 2.45.